The minimum atomic E-state index is 0.779. The van der Waals surface area contributed by atoms with Gasteiger partial charge in [-0.15, -0.1) is 11.3 Å². The Labute approximate surface area is 109 Å². The van der Waals surface area contributed by atoms with Crippen LogP contribution in [-0.2, 0) is 0 Å². The molecule has 3 aromatic rings. The topological polar surface area (TPSA) is 38.9 Å². The van der Waals surface area contributed by atoms with Crippen LogP contribution in [0.25, 0.3) is 22.4 Å². The van der Waals surface area contributed by atoms with Gasteiger partial charge in [-0.3, -0.25) is 0 Å². The lowest BCUT2D eigenvalue weighted by molar-refractivity contribution is 1.46. The van der Waals surface area contributed by atoms with E-state index in [2.05, 4.69) is 11.1 Å². The number of hydrogen-bond donors (Lipinski definition) is 1. The maximum atomic E-state index is 5.74. The van der Waals surface area contributed by atoms with Crippen molar-refractivity contribution in [3.8, 4) is 0 Å². The van der Waals surface area contributed by atoms with E-state index in [9.17, 15) is 0 Å². The second-order valence-corrected chi connectivity index (χ2v) is 5.09. The van der Waals surface area contributed by atoms with Crippen molar-refractivity contribution in [1.29, 1.82) is 0 Å². The van der Waals surface area contributed by atoms with E-state index in [1.54, 1.807) is 11.3 Å². The fraction of sp³-hybridized carbons (Fsp3) is 0. The second-order valence-electron chi connectivity index (χ2n) is 4.02. The van der Waals surface area contributed by atoms with Gasteiger partial charge in [-0.05, 0) is 35.9 Å². The van der Waals surface area contributed by atoms with Crippen molar-refractivity contribution in [2.45, 2.75) is 0 Å². The van der Waals surface area contributed by atoms with Gasteiger partial charge >= 0.3 is 0 Å². The van der Waals surface area contributed by atoms with Crippen LogP contribution in [0.5, 0.6) is 0 Å². The number of thiazole rings is 1. The van der Waals surface area contributed by atoms with Crippen molar-refractivity contribution in [2.75, 3.05) is 5.73 Å². The van der Waals surface area contributed by atoms with Crippen molar-refractivity contribution in [2.24, 2.45) is 0 Å². The summed E-state index contributed by atoms with van der Waals surface area (Å²) in [4.78, 5) is 4.55. The molecule has 1 heterocycles. The summed E-state index contributed by atoms with van der Waals surface area (Å²) in [6.45, 7) is 0. The number of nitrogens with two attached hydrogens (primary N) is 1. The molecule has 1 aromatic heterocycles. The van der Waals surface area contributed by atoms with Crippen LogP contribution in [0.3, 0.4) is 0 Å². The van der Waals surface area contributed by atoms with E-state index >= 15 is 0 Å². The summed E-state index contributed by atoms with van der Waals surface area (Å²) < 4.78 is 1.21. The molecule has 0 amide bonds. The molecule has 88 valence electrons. The largest absolute Gasteiger partial charge is 0.399 e. The number of nitrogens with zero attached hydrogens (tertiary/aromatic N) is 1. The van der Waals surface area contributed by atoms with Crippen molar-refractivity contribution in [3.63, 3.8) is 0 Å². The average Bonchev–Trinajstić information content (AvgIpc) is 2.79. The molecule has 0 spiro atoms. The number of benzene rings is 2. The lowest BCUT2D eigenvalue weighted by Gasteiger charge is -1.94. The first-order valence-electron chi connectivity index (χ1n) is 5.70. The number of anilines is 1. The van der Waals surface area contributed by atoms with Crippen molar-refractivity contribution in [3.05, 3.63) is 59.1 Å². The van der Waals surface area contributed by atoms with E-state index in [1.165, 1.54) is 4.70 Å². The van der Waals surface area contributed by atoms with Gasteiger partial charge in [0.05, 0.1) is 10.2 Å². The van der Waals surface area contributed by atoms with Gasteiger partial charge in [-0.2, -0.15) is 0 Å². The number of rotatable bonds is 2. The van der Waals surface area contributed by atoms with E-state index in [-0.39, 0.29) is 0 Å². The third-order valence-corrected chi connectivity index (χ3v) is 3.64. The predicted molar refractivity (Wildman–Crippen MR) is 79.4 cm³/mol. The molecule has 0 aliphatic carbocycles. The van der Waals surface area contributed by atoms with Gasteiger partial charge in [0.15, 0.2) is 0 Å². The molecule has 0 saturated carbocycles. The number of fused-ring (bicyclic) bond motifs is 1. The van der Waals surface area contributed by atoms with Crippen LogP contribution >= 0.6 is 11.3 Å². The third kappa shape index (κ3) is 2.26. The first-order valence-corrected chi connectivity index (χ1v) is 6.52. The number of nitrogen functional groups attached to an aromatic ring is 1. The Morgan fingerprint density at radius 1 is 1.00 bits per heavy atom. The molecule has 0 atom stereocenters. The van der Waals surface area contributed by atoms with Gasteiger partial charge in [-0.1, -0.05) is 30.3 Å². The number of para-hydroxylation sites is 1. The first kappa shape index (κ1) is 11.0. The summed E-state index contributed by atoms with van der Waals surface area (Å²) >= 11 is 1.69. The zero-order valence-electron chi connectivity index (χ0n) is 9.71. The number of hydrogen-bond acceptors (Lipinski definition) is 3. The highest BCUT2D eigenvalue weighted by atomic mass is 32.1. The first-order chi connectivity index (χ1) is 8.81. The minimum Gasteiger partial charge on any atom is -0.399 e. The lowest BCUT2D eigenvalue weighted by Crippen LogP contribution is -1.83. The molecule has 2 N–H and O–H groups in total. The van der Waals surface area contributed by atoms with Crippen LogP contribution in [0.1, 0.15) is 10.6 Å². The molecular formula is C15H12N2S. The summed E-state index contributed by atoms with van der Waals surface area (Å²) in [7, 11) is 0. The Morgan fingerprint density at radius 2 is 1.89 bits per heavy atom. The van der Waals surface area contributed by atoms with E-state index in [4.69, 9.17) is 5.73 Å². The summed E-state index contributed by atoms with van der Waals surface area (Å²) in [6, 6.07) is 16.0. The van der Waals surface area contributed by atoms with Crippen molar-refractivity contribution >= 4 is 39.4 Å². The fourth-order valence-electron chi connectivity index (χ4n) is 1.79. The van der Waals surface area contributed by atoms with Crippen LogP contribution in [0.4, 0.5) is 5.69 Å². The Hall–Kier alpha value is -2.13. The van der Waals surface area contributed by atoms with Crippen LogP contribution in [0, 0.1) is 0 Å². The average molecular weight is 252 g/mol. The van der Waals surface area contributed by atoms with Crippen molar-refractivity contribution in [1.82, 2.24) is 4.98 Å². The molecule has 0 fully saturated rings. The van der Waals surface area contributed by atoms with E-state index < -0.39 is 0 Å². The van der Waals surface area contributed by atoms with Gasteiger partial charge in [0.25, 0.3) is 0 Å². The predicted octanol–water partition coefficient (Wildman–Crippen LogP) is 4.05. The molecule has 0 saturated heterocycles. The van der Waals surface area contributed by atoms with E-state index in [1.807, 2.05) is 54.6 Å². The smallest absolute Gasteiger partial charge is 0.117 e. The summed E-state index contributed by atoms with van der Waals surface area (Å²) in [5.74, 6) is 0. The SMILES string of the molecule is Nc1cccc(/C=C/c2nc3ccccc3s2)c1. The number of aromatic nitrogens is 1. The zero-order chi connectivity index (χ0) is 12.4. The van der Waals surface area contributed by atoms with Crippen LogP contribution in [0.15, 0.2) is 48.5 Å². The standard InChI is InChI=1S/C15H12N2S/c16-12-5-3-4-11(10-12)8-9-15-17-13-6-1-2-7-14(13)18-15/h1-10H,16H2/b9-8+. The maximum absolute atomic E-state index is 5.74. The molecule has 0 radical (unpaired) electrons. The Balaban J connectivity index is 1.92. The molecule has 18 heavy (non-hydrogen) atoms. The molecule has 0 aliphatic rings. The molecule has 0 unspecified atom stereocenters. The summed E-state index contributed by atoms with van der Waals surface area (Å²) in [5.41, 5.74) is 8.66. The van der Waals surface area contributed by atoms with Crippen LogP contribution in [0.2, 0.25) is 0 Å². The normalized spacial score (nSPS) is 11.3. The van der Waals surface area contributed by atoms with E-state index in [0.717, 1.165) is 21.8 Å². The molecule has 3 rings (SSSR count). The zero-order valence-corrected chi connectivity index (χ0v) is 10.5. The van der Waals surface area contributed by atoms with E-state index in [0.29, 0.717) is 0 Å². The molecule has 2 nitrogen and oxygen atoms in total. The fourth-order valence-corrected chi connectivity index (χ4v) is 2.66. The van der Waals surface area contributed by atoms with Gasteiger partial charge < -0.3 is 5.73 Å². The Bertz CT molecular complexity index is 680. The molecular weight excluding hydrogens is 240 g/mol. The van der Waals surface area contributed by atoms with Gasteiger partial charge in [0, 0.05) is 5.69 Å². The van der Waals surface area contributed by atoms with Crippen LogP contribution < -0.4 is 5.73 Å². The second kappa shape index (κ2) is 4.63. The molecule has 3 heteroatoms. The molecule has 2 aromatic carbocycles. The Kier molecular flexibility index (Phi) is 2.82. The summed E-state index contributed by atoms with van der Waals surface area (Å²) in [5, 5.41) is 1.01. The van der Waals surface area contributed by atoms with Crippen LogP contribution in [-0.4, -0.2) is 4.98 Å². The minimum absolute atomic E-state index is 0.779. The molecule has 0 bridgehead atoms. The highest BCUT2D eigenvalue weighted by molar-refractivity contribution is 7.19. The summed E-state index contributed by atoms with van der Waals surface area (Å²) in [6.07, 6.45) is 4.06. The van der Waals surface area contributed by atoms with Gasteiger partial charge in [-0.25, -0.2) is 4.98 Å². The third-order valence-electron chi connectivity index (χ3n) is 2.64. The van der Waals surface area contributed by atoms with Gasteiger partial charge in [0.2, 0.25) is 0 Å². The highest BCUT2D eigenvalue weighted by Crippen LogP contribution is 2.23. The monoisotopic (exact) mass is 252 g/mol. The van der Waals surface area contributed by atoms with Gasteiger partial charge in [0.1, 0.15) is 5.01 Å². The highest BCUT2D eigenvalue weighted by Gasteiger charge is 1.99. The lowest BCUT2D eigenvalue weighted by atomic mass is 10.2. The molecule has 0 aliphatic heterocycles. The van der Waals surface area contributed by atoms with Crippen molar-refractivity contribution < 1.29 is 0 Å². The maximum Gasteiger partial charge on any atom is 0.117 e. The quantitative estimate of drug-likeness (QED) is 0.699. The Morgan fingerprint density at radius 3 is 2.72 bits per heavy atom.